The van der Waals surface area contributed by atoms with Crippen LogP contribution in [0.1, 0.15) is 183 Å². The second-order valence-corrected chi connectivity index (χ2v) is 27.9. The summed E-state index contributed by atoms with van der Waals surface area (Å²) >= 11 is 0. The Labute approximate surface area is 434 Å². The molecule has 3 N–H and O–H groups in total. The number of benzene rings is 2. The molecule has 5 rings (SSSR count). The predicted molar refractivity (Wildman–Crippen MR) is 290 cm³/mol. The summed E-state index contributed by atoms with van der Waals surface area (Å²) in [4.78, 5) is 31.8. The van der Waals surface area contributed by atoms with Gasteiger partial charge in [0.15, 0.2) is 6.29 Å². The Hall–Kier alpha value is -2.57. The van der Waals surface area contributed by atoms with Crippen LogP contribution in [0.4, 0.5) is 8.78 Å². The van der Waals surface area contributed by atoms with Crippen LogP contribution in [0.25, 0.3) is 0 Å². The Bertz CT molecular complexity index is 1860. The van der Waals surface area contributed by atoms with Crippen molar-refractivity contribution >= 4 is 29.7 Å². The number of amides is 1. The third-order valence-electron chi connectivity index (χ3n) is 17.0. The van der Waals surface area contributed by atoms with Crippen molar-refractivity contribution in [2.24, 2.45) is 11.8 Å². The van der Waals surface area contributed by atoms with Crippen LogP contribution in [0.15, 0.2) is 60.7 Å². The number of rotatable bonds is 20. The average Bonchev–Trinajstić information content (AvgIpc) is 3.33. The smallest absolute Gasteiger partial charge is 0.101 e. The molecule has 3 aliphatic rings. The van der Waals surface area contributed by atoms with E-state index < -0.39 is 60.9 Å². The second kappa shape index (κ2) is 28.0. The zero-order valence-corrected chi connectivity index (χ0v) is 46.8. The molecule has 2 heterocycles. The molecule has 410 valence electrons. The zero-order valence-electron chi connectivity index (χ0n) is 45.8. The zero-order chi connectivity index (χ0) is 52.7. The monoisotopic (exact) mass is 1030 g/mol. The van der Waals surface area contributed by atoms with Crippen LogP contribution >= 0.6 is 7.26 Å². The number of nitrogens with zero attached hydrogens (tertiary/aromatic N) is 2. The Morgan fingerprint density at radius 3 is 1.88 bits per heavy atom. The van der Waals surface area contributed by atoms with Gasteiger partial charge in [0.1, 0.15) is 11.7 Å². The number of aliphatic hydroxyl groups is 3. The Balaban J connectivity index is 1.13. The number of ether oxygens (including phenoxy) is 3. The molecule has 1 aliphatic carbocycles. The van der Waals surface area contributed by atoms with Crippen molar-refractivity contribution in [3.63, 3.8) is 0 Å². The molecule has 2 aliphatic heterocycles. The van der Waals surface area contributed by atoms with Gasteiger partial charge in [-0.2, -0.15) is 0 Å². The Kier molecular flexibility index (Phi) is 23.4. The van der Waals surface area contributed by atoms with Gasteiger partial charge in [-0.1, -0.05) is 13.8 Å². The average molecular weight is 1030 g/mol. The molecule has 3 fully saturated rings. The van der Waals surface area contributed by atoms with Crippen molar-refractivity contribution in [2.45, 2.75) is 249 Å². The minimum atomic E-state index is -2.55. The van der Waals surface area contributed by atoms with Gasteiger partial charge in [0.05, 0.1) is 29.8 Å². The van der Waals surface area contributed by atoms with Gasteiger partial charge in [0, 0.05) is 31.5 Å². The molecule has 0 unspecified atom stereocenters. The molecule has 13 heteroatoms. The molecule has 1 saturated carbocycles. The number of hydrogen-bond acceptors (Lipinski definition) is 9. The predicted octanol–water partition coefficient (Wildman–Crippen LogP) is 11.0. The van der Waals surface area contributed by atoms with Gasteiger partial charge in [-0.25, -0.2) is 0 Å². The van der Waals surface area contributed by atoms with Crippen LogP contribution in [0.3, 0.4) is 0 Å². The number of alkyl halides is 2. The summed E-state index contributed by atoms with van der Waals surface area (Å²) in [5.74, 6) is -4.30. The number of hydrogen-bond donors (Lipinski definition) is 3. The third kappa shape index (κ3) is 17.2. The van der Waals surface area contributed by atoms with E-state index in [1.807, 2.05) is 46.7 Å². The molecular formula is C59H97F2N2O8P. The molecule has 2 saturated heterocycles. The molecule has 72 heavy (non-hydrogen) atoms. The largest absolute Gasteiger partial charge is 0.386 e. The van der Waals surface area contributed by atoms with E-state index in [-0.39, 0.29) is 62.1 Å². The maximum Gasteiger partial charge on any atom is 0.101 e. The van der Waals surface area contributed by atoms with Crippen molar-refractivity contribution in [3.05, 3.63) is 60.7 Å². The van der Waals surface area contributed by atoms with Crippen molar-refractivity contribution in [1.82, 2.24) is 9.80 Å². The number of halogens is 2. The van der Waals surface area contributed by atoms with Crippen LogP contribution in [0, 0.1) is 11.8 Å². The van der Waals surface area contributed by atoms with Crippen molar-refractivity contribution in [1.29, 1.82) is 0 Å². The standard InChI is InChI=1S/C59H97F2N2O8P/c1-10-52-58(7,68)41-44(3)63(42-43(2)40-57(6,67)53(39-51(64)46(5)56(66)71-52)70-55-38-47(62(8)9)37-45(4)69-55)54(65)31-25-17-15-13-11-12-14-16-18-26-36-72(48-27-21-19-22-28-48,49-29-23-20-24-30-49)50-32-34-59(60,61)35-33-50/h19-24,27-30,43-47,50-53,55,64,67-68,72H,10-18,25-26,31-42H2,1-9H3/t43-,44-,45-,46-,47+,51+,52-,53-,55+,57-,58+/m1/s1. The Morgan fingerprint density at radius 1 is 0.792 bits per heavy atom. The fourth-order valence-electron chi connectivity index (χ4n) is 12.7. The first-order valence-corrected chi connectivity index (χ1v) is 30.5. The fraction of sp³-hybridized carbons (Fsp3) is 0.763. The molecule has 2 aromatic carbocycles. The quantitative estimate of drug-likeness (QED) is 0.0674. The van der Waals surface area contributed by atoms with E-state index in [4.69, 9.17) is 14.2 Å². The minimum Gasteiger partial charge on any atom is -0.386 e. The number of unbranched alkanes of at least 4 members (excludes halogenated alkanes) is 9. The van der Waals surface area contributed by atoms with Crippen molar-refractivity contribution < 1.29 is 47.9 Å². The van der Waals surface area contributed by atoms with E-state index in [2.05, 4.69) is 65.6 Å². The molecule has 10 nitrogen and oxygen atoms in total. The van der Waals surface area contributed by atoms with Gasteiger partial charge >= 0.3 is 207 Å². The van der Waals surface area contributed by atoms with E-state index in [0.29, 0.717) is 44.3 Å². The summed E-state index contributed by atoms with van der Waals surface area (Å²) in [6, 6.07) is 21.5. The summed E-state index contributed by atoms with van der Waals surface area (Å²) in [5, 5.41) is 38.4. The van der Waals surface area contributed by atoms with Gasteiger partial charge in [-0.3, -0.25) is 9.59 Å². The number of cyclic esters (lactones) is 1. The summed E-state index contributed by atoms with van der Waals surface area (Å²) < 4.78 is 47.7. The molecular weight excluding hydrogens is 934 g/mol. The van der Waals surface area contributed by atoms with Gasteiger partial charge in [-0.05, 0) is 80.3 Å². The van der Waals surface area contributed by atoms with E-state index in [9.17, 15) is 33.7 Å². The van der Waals surface area contributed by atoms with Gasteiger partial charge in [0.2, 0.25) is 5.91 Å². The maximum atomic E-state index is 14.5. The van der Waals surface area contributed by atoms with Gasteiger partial charge in [-0.15, -0.1) is 0 Å². The summed E-state index contributed by atoms with van der Waals surface area (Å²) in [5.41, 5.74) is -2.59. The first-order chi connectivity index (χ1) is 34.1. The Morgan fingerprint density at radius 2 is 1.33 bits per heavy atom. The van der Waals surface area contributed by atoms with Gasteiger partial charge in [0.25, 0.3) is 0 Å². The first kappa shape index (κ1) is 60.3. The number of carbonyl (C=O) groups is 2. The first-order valence-electron chi connectivity index (χ1n) is 28.2. The normalized spacial score (nSPS) is 31.9. The molecule has 2 aromatic rings. The summed E-state index contributed by atoms with van der Waals surface area (Å²) in [6.45, 7) is 13.1. The molecule has 11 atom stereocenters. The number of carbonyl (C=O) groups excluding carboxylic acids is 2. The summed E-state index contributed by atoms with van der Waals surface area (Å²) in [7, 11) is 1.75. The van der Waals surface area contributed by atoms with E-state index in [1.54, 1.807) is 20.8 Å². The van der Waals surface area contributed by atoms with E-state index >= 15 is 0 Å². The SMILES string of the molecule is CC[C@H]1OC(=O)[C@H](C)[C@@H](O)C[C@@H](O[C@H]2C[C@@H](N(C)C)C[C@@H](C)O2)[C@](C)(O)C[C@@H](C)CN(C(=O)CCCCCCCCCCCC[PH](c2ccccc2)(c2ccccc2)C2CCC(F)(F)CC2)[C@H](C)C[C@]1(C)O. The summed E-state index contributed by atoms with van der Waals surface area (Å²) in [6.07, 6.45) is 12.0. The van der Waals surface area contributed by atoms with Crippen molar-refractivity contribution in [3.8, 4) is 0 Å². The van der Waals surface area contributed by atoms with Crippen LogP contribution in [-0.2, 0) is 23.8 Å². The third-order valence-corrected chi connectivity index (χ3v) is 22.8. The van der Waals surface area contributed by atoms with E-state index in [0.717, 1.165) is 57.5 Å². The molecule has 1 amide bonds. The molecule has 0 radical (unpaired) electrons. The number of esters is 1. The van der Waals surface area contributed by atoms with Crippen molar-refractivity contribution in [2.75, 3.05) is 26.8 Å². The number of aliphatic hydroxyl groups excluding tert-OH is 1. The van der Waals surface area contributed by atoms with E-state index in [1.165, 1.54) is 29.9 Å². The molecule has 0 bridgehead atoms. The van der Waals surface area contributed by atoms with Crippen LogP contribution in [-0.4, -0.2) is 129 Å². The van der Waals surface area contributed by atoms with Crippen LogP contribution < -0.4 is 10.6 Å². The topological polar surface area (TPSA) is 129 Å². The second-order valence-electron chi connectivity index (χ2n) is 23.5. The van der Waals surface area contributed by atoms with Crippen LogP contribution in [0.5, 0.6) is 0 Å². The maximum absolute atomic E-state index is 14.5. The fourth-order valence-corrected chi connectivity index (χ4v) is 18.6. The minimum absolute atomic E-state index is 0.00310. The molecule has 0 aromatic heterocycles. The molecule has 0 spiro atoms. The van der Waals surface area contributed by atoms with Crippen LogP contribution in [0.2, 0.25) is 0 Å². The van der Waals surface area contributed by atoms with Gasteiger partial charge < -0.3 is 39.3 Å².